The molecule has 1 aliphatic rings. The van der Waals surface area contributed by atoms with Gasteiger partial charge in [-0.25, -0.2) is 0 Å². The van der Waals surface area contributed by atoms with E-state index in [2.05, 4.69) is 31.4 Å². The van der Waals surface area contributed by atoms with E-state index >= 15 is 0 Å². The van der Waals surface area contributed by atoms with Gasteiger partial charge in [0.15, 0.2) is 0 Å². The van der Waals surface area contributed by atoms with Crippen molar-refractivity contribution in [3.63, 3.8) is 0 Å². The molecule has 0 aromatic heterocycles. The Labute approximate surface area is 87.2 Å². The molecule has 1 aliphatic heterocycles. The summed E-state index contributed by atoms with van der Waals surface area (Å²) in [5.74, 6) is 0.591. The van der Waals surface area contributed by atoms with Crippen LogP contribution >= 0.6 is 0 Å². The Kier molecular flexibility index (Phi) is 4.74. The van der Waals surface area contributed by atoms with Crippen molar-refractivity contribution < 1.29 is 4.74 Å². The van der Waals surface area contributed by atoms with Gasteiger partial charge in [-0.3, -0.25) is 0 Å². The van der Waals surface area contributed by atoms with Gasteiger partial charge < -0.3 is 9.64 Å². The van der Waals surface area contributed by atoms with Crippen LogP contribution in [-0.4, -0.2) is 31.2 Å². The lowest BCUT2D eigenvalue weighted by atomic mass is 10.1. The summed E-state index contributed by atoms with van der Waals surface area (Å²) in [4.78, 5) is 2.43. The van der Waals surface area contributed by atoms with E-state index in [1.54, 1.807) is 0 Å². The number of ether oxygens (including phenoxy) is 1. The van der Waals surface area contributed by atoms with Crippen molar-refractivity contribution in [1.82, 2.24) is 4.90 Å². The van der Waals surface area contributed by atoms with Crippen molar-refractivity contribution in [2.45, 2.75) is 20.3 Å². The molecule has 0 atom stereocenters. The van der Waals surface area contributed by atoms with Gasteiger partial charge in [-0.2, -0.15) is 0 Å². The van der Waals surface area contributed by atoms with Crippen molar-refractivity contribution >= 4 is 0 Å². The molecule has 0 aliphatic carbocycles. The second-order valence-electron chi connectivity index (χ2n) is 3.91. The molecule has 0 radical (unpaired) electrons. The summed E-state index contributed by atoms with van der Waals surface area (Å²) in [6, 6.07) is 0. The van der Waals surface area contributed by atoms with Crippen molar-refractivity contribution in [2.24, 2.45) is 5.92 Å². The second-order valence-corrected chi connectivity index (χ2v) is 3.91. The normalized spacial score (nSPS) is 18.8. The first kappa shape index (κ1) is 11.3. The molecule has 1 heterocycles. The average Bonchev–Trinajstić information content (AvgIpc) is 2.19. The van der Waals surface area contributed by atoms with Gasteiger partial charge in [0.1, 0.15) is 0 Å². The Hall–Kier alpha value is -0.760. The quantitative estimate of drug-likeness (QED) is 0.639. The highest BCUT2D eigenvalue weighted by atomic mass is 16.5. The molecule has 1 fully saturated rings. The maximum Gasteiger partial charge on any atom is 0.0642 e. The Morgan fingerprint density at radius 3 is 2.57 bits per heavy atom. The fourth-order valence-corrected chi connectivity index (χ4v) is 1.76. The Morgan fingerprint density at radius 1 is 1.43 bits per heavy atom. The highest BCUT2D eigenvalue weighted by molar-refractivity contribution is 5.06. The molecule has 1 rings (SSSR count). The molecular formula is C12H21NO. The van der Waals surface area contributed by atoms with Gasteiger partial charge in [0, 0.05) is 18.8 Å². The molecule has 2 nitrogen and oxygen atoms in total. The van der Waals surface area contributed by atoms with Gasteiger partial charge in [0.2, 0.25) is 0 Å². The van der Waals surface area contributed by atoms with Crippen LogP contribution in [0.15, 0.2) is 24.4 Å². The molecule has 2 heteroatoms. The van der Waals surface area contributed by atoms with Crippen molar-refractivity contribution in [2.75, 3.05) is 26.3 Å². The molecule has 14 heavy (non-hydrogen) atoms. The lowest BCUT2D eigenvalue weighted by Crippen LogP contribution is -2.37. The van der Waals surface area contributed by atoms with Crippen LogP contribution in [0, 0.1) is 5.92 Å². The van der Waals surface area contributed by atoms with E-state index in [0.29, 0.717) is 5.92 Å². The first-order valence-corrected chi connectivity index (χ1v) is 5.39. The molecule has 0 unspecified atom stereocenters. The van der Waals surface area contributed by atoms with Crippen molar-refractivity contribution in [3.8, 4) is 0 Å². The van der Waals surface area contributed by atoms with Crippen LogP contribution in [0.2, 0.25) is 0 Å². The Bertz CT molecular complexity index is 202. The zero-order valence-corrected chi connectivity index (χ0v) is 9.33. The number of allylic oxidation sites excluding steroid dienone is 3. The van der Waals surface area contributed by atoms with Crippen LogP contribution < -0.4 is 0 Å². The first-order chi connectivity index (χ1) is 6.75. The Morgan fingerprint density at radius 2 is 2.07 bits per heavy atom. The Balaban J connectivity index is 2.60. The summed E-state index contributed by atoms with van der Waals surface area (Å²) in [6.45, 7) is 12.0. The summed E-state index contributed by atoms with van der Waals surface area (Å²) in [5, 5.41) is 0. The molecule has 0 aromatic rings. The minimum atomic E-state index is 0.591. The first-order valence-electron chi connectivity index (χ1n) is 5.39. The topological polar surface area (TPSA) is 12.5 Å². The lowest BCUT2D eigenvalue weighted by molar-refractivity contribution is 0.0494. The number of hydrogen-bond donors (Lipinski definition) is 0. The van der Waals surface area contributed by atoms with Crippen LogP contribution in [-0.2, 0) is 4.74 Å². The van der Waals surface area contributed by atoms with Crippen molar-refractivity contribution in [1.29, 1.82) is 0 Å². The van der Waals surface area contributed by atoms with E-state index in [4.69, 9.17) is 4.74 Å². The monoisotopic (exact) mass is 195 g/mol. The second kappa shape index (κ2) is 5.86. The summed E-state index contributed by atoms with van der Waals surface area (Å²) in [6.07, 6.45) is 5.19. The third kappa shape index (κ3) is 3.18. The predicted octanol–water partition coefficient (Wildman–Crippen LogP) is 2.43. The van der Waals surface area contributed by atoms with Gasteiger partial charge in [0.25, 0.3) is 0 Å². The van der Waals surface area contributed by atoms with Gasteiger partial charge >= 0.3 is 0 Å². The van der Waals surface area contributed by atoms with Crippen LogP contribution in [0.25, 0.3) is 0 Å². The highest BCUT2D eigenvalue weighted by Crippen LogP contribution is 2.17. The third-order valence-electron chi connectivity index (χ3n) is 2.46. The van der Waals surface area contributed by atoms with E-state index in [1.807, 2.05) is 6.08 Å². The van der Waals surface area contributed by atoms with E-state index < -0.39 is 0 Å². The molecule has 80 valence electrons. The zero-order chi connectivity index (χ0) is 10.4. The highest BCUT2D eigenvalue weighted by Gasteiger charge is 2.15. The molecule has 0 bridgehead atoms. The SMILES string of the molecule is C=CCC=C(C(C)C)N1CCOCC1. The van der Waals surface area contributed by atoms with Crippen LogP contribution in [0.5, 0.6) is 0 Å². The average molecular weight is 195 g/mol. The number of nitrogens with zero attached hydrogens (tertiary/aromatic N) is 1. The summed E-state index contributed by atoms with van der Waals surface area (Å²) >= 11 is 0. The summed E-state index contributed by atoms with van der Waals surface area (Å²) in [7, 11) is 0. The minimum absolute atomic E-state index is 0.591. The molecule has 0 amide bonds. The molecular weight excluding hydrogens is 174 g/mol. The third-order valence-corrected chi connectivity index (χ3v) is 2.46. The van der Waals surface area contributed by atoms with E-state index in [0.717, 1.165) is 32.7 Å². The molecule has 1 saturated heterocycles. The molecule has 0 N–H and O–H groups in total. The maximum absolute atomic E-state index is 5.35. The van der Waals surface area contributed by atoms with Crippen LogP contribution in [0.3, 0.4) is 0 Å². The standard InChI is InChI=1S/C12H21NO/c1-4-5-6-12(11(2)3)13-7-9-14-10-8-13/h4,6,11H,1,5,7-10H2,2-3H3. The van der Waals surface area contributed by atoms with E-state index in [-0.39, 0.29) is 0 Å². The number of morpholine rings is 1. The summed E-state index contributed by atoms with van der Waals surface area (Å²) < 4.78 is 5.35. The maximum atomic E-state index is 5.35. The van der Waals surface area contributed by atoms with Crippen LogP contribution in [0.4, 0.5) is 0 Å². The number of hydrogen-bond acceptors (Lipinski definition) is 2. The predicted molar refractivity (Wildman–Crippen MR) is 60.1 cm³/mol. The van der Waals surface area contributed by atoms with Crippen LogP contribution in [0.1, 0.15) is 20.3 Å². The lowest BCUT2D eigenvalue weighted by Gasteiger charge is -2.33. The van der Waals surface area contributed by atoms with Gasteiger partial charge in [-0.05, 0) is 12.3 Å². The van der Waals surface area contributed by atoms with Gasteiger partial charge in [-0.1, -0.05) is 26.0 Å². The van der Waals surface area contributed by atoms with Gasteiger partial charge in [-0.15, -0.1) is 6.58 Å². The fourth-order valence-electron chi connectivity index (χ4n) is 1.76. The molecule has 0 spiro atoms. The molecule has 0 saturated carbocycles. The minimum Gasteiger partial charge on any atom is -0.378 e. The number of rotatable bonds is 4. The van der Waals surface area contributed by atoms with E-state index in [1.165, 1.54) is 5.70 Å². The van der Waals surface area contributed by atoms with E-state index in [9.17, 15) is 0 Å². The fraction of sp³-hybridized carbons (Fsp3) is 0.667. The summed E-state index contributed by atoms with van der Waals surface area (Å²) in [5.41, 5.74) is 1.44. The van der Waals surface area contributed by atoms with Crippen molar-refractivity contribution in [3.05, 3.63) is 24.4 Å². The molecule has 0 aromatic carbocycles. The largest absolute Gasteiger partial charge is 0.378 e. The smallest absolute Gasteiger partial charge is 0.0642 e. The van der Waals surface area contributed by atoms with Gasteiger partial charge in [0.05, 0.1) is 13.2 Å². The zero-order valence-electron chi connectivity index (χ0n) is 9.33.